The van der Waals surface area contributed by atoms with E-state index in [1.165, 1.54) is 5.56 Å². The Bertz CT molecular complexity index is 722. The molecule has 2 heterocycles. The van der Waals surface area contributed by atoms with E-state index in [2.05, 4.69) is 57.4 Å². The van der Waals surface area contributed by atoms with Crippen LogP contribution in [0.4, 0.5) is 10.5 Å². The molecule has 3 rings (SSSR count). The Morgan fingerprint density at radius 1 is 1.25 bits per heavy atom. The van der Waals surface area contributed by atoms with Crippen molar-refractivity contribution in [3.63, 3.8) is 0 Å². The lowest BCUT2D eigenvalue weighted by Crippen LogP contribution is -2.31. The van der Waals surface area contributed by atoms with Crippen LogP contribution in [0.5, 0.6) is 0 Å². The van der Waals surface area contributed by atoms with Gasteiger partial charge in [-0.2, -0.15) is 0 Å². The molecule has 2 amide bonds. The molecule has 0 fully saturated rings. The van der Waals surface area contributed by atoms with Crippen molar-refractivity contribution in [2.75, 3.05) is 11.9 Å². The van der Waals surface area contributed by atoms with Gasteiger partial charge in [0.1, 0.15) is 11.6 Å². The van der Waals surface area contributed by atoms with Gasteiger partial charge in [0.25, 0.3) is 0 Å². The Morgan fingerprint density at radius 3 is 2.92 bits per heavy atom. The maximum absolute atomic E-state index is 12.2. The molecule has 128 valence electrons. The molecule has 1 aliphatic rings. The predicted octanol–water partition coefficient (Wildman–Crippen LogP) is 2.71. The molecule has 0 bridgehead atoms. The van der Waals surface area contributed by atoms with Gasteiger partial charge in [-0.05, 0) is 36.5 Å². The summed E-state index contributed by atoms with van der Waals surface area (Å²) in [7, 11) is 0. The van der Waals surface area contributed by atoms with E-state index in [1.807, 2.05) is 0 Å². The van der Waals surface area contributed by atoms with Crippen molar-refractivity contribution >= 4 is 11.7 Å². The first-order valence-corrected chi connectivity index (χ1v) is 8.78. The molecule has 0 saturated heterocycles. The lowest BCUT2D eigenvalue weighted by molar-refractivity contribution is 0.252. The number of amides is 2. The number of urea groups is 1. The number of rotatable bonds is 6. The maximum Gasteiger partial charge on any atom is 0.319 e. The summed E-state index contributed by atoms with van der Waals surface area (Å²) in [6.07, 6.45) is 4.70. The molecule has 1 aromatic heterocycles. The van der Waals surface area contributed by atoms with Crippen molar-refractivity contribution in [2.24, 2.45) is 0 Å². The molecule has 6 nitrogen and oxygen atoms in total. The molecule has 6 heteroatoms. The van der Waals surface area contributed by atoms with Crippen LogP contribution in [0.1, 0.15) is 43.0 Å². The number of benzene rings is 1. The number of aryl methyl sites for hydroxylation is 3. The van der Waals surface area contributed by atoms with Gasteiger partial charge >= 0.3 is 6.03 Å². The van der Waals surface area contributed by atoms with E-state index in [1.54, 1.807) is 0 Å². The summed E-state index contributed by atoms with van der Waals surface area (Å²) in [6, 6.07) is 6.10. The van der Waals surface area contributed by atoms with Crippen molar-refractivity contribution in [1.29, 1.82) is 0 Å². The zero-order valence-electron chi connectivity index (χ0n) is 14.4. The number of anilines is 1. The van der Waals surface area contributed by atoms with Crippen molar-refractivity contribution in [2.45, 2.75) is 52.5 Å². The van der Waals surface area contributed by atoms with Crippen LogP contribution in [0.25, 0.3) is 0 Å². The summed E-state index contributed by atoms with van der Waals surface area (Å²) >= 11 is 0. The van der Waals surface area contributed by atoms with Crippen LogP contribution in [0.3, 0.4) is 0 Å². The summed E-state index contributed by atoms with van der Waals surface area (Å²) in [5.74, 6) is 2.03. The Labute approximate surface area is 142 Å². The molecule has 0 spiro atoms. The Balaban J connectivity index is 1.54. The number of aromatic nitrogens is 3. The predicted molar refractivity (Wildman–Crippen MR) is 94.3 cm³/mol. The van der Waals surface area contributed by atoms with Crippen molar-refractivity contribution in [1.82, 2.24) is 20.1 Å². The Hall–Kier alpha value is -2.37. The molecule has 0 unspecified atom stereocenters. The van der Waals surface area contributed by atoms with Gasteiger partial charge in [-0.25, -0.2) is 4.79 Å². The van der Waals surface area contributed by atoms with Gasteiger partial charge in [0.2, 0.25) is 0 Å². The lowest BCUT2D eigenvalue weighted by atomic mass is 10.1. The highest BCUT2D eigenvalue weighted by Gasteiger charge is 2.17. The number of carbonyl (C=O) groups excluding carboxylic acids is 1. The number of hydrogen-bond acceptors (Lipinski definition) is 3. The molecular weight excluding hydrogens is 302 g/mol. The summed E-state index contributed by atoms with van der Waals surface area (Å²) in [5.41, 5.74) is 3.27. The SMILES string of the molecule is CCc1ccc(CC)c(NC(=O)NCCc2nnc3n2CCC3)c1. The van der Waals surface area contributed by atoms with Crippen LogP contribution in [0.15, 0.2) is 18.2 Å². The van der Waals surface area contributed by atoms with Crippen molar-refractivity contribution in [3.05, 3.63) is 41.0 Å². The summed E-state index contributed by atoms with van der Waals surface area (Å²) in [4.78, 5) is 12.2. The minimum atomic E-state index is -0.167. The van der Waals surface area contributed by atoms with E-state index in [0.717, 1.165) is 55.1 Å². The molecule has 0 saturated carbocycles. The fraction of sp³-hybridized carbons (Fsp3) is 0.500. The first-order chi connectivity index (χ1) is 11.7. The normalized spacial score (nSPS) is 12.9. The van der Waals surface area contributed by atoms with Gasteiger partial charge in [0, 0.05) is 31.6 Å². The highest BCUT2D eigenvalue weighted by Crippen LogP contribution is 2.19. The van der Waals surface area contributed by atoms with E-state index in [0.29, 0.717) is 13.0 Å². The average Bonchev–Trinajstić information content (AvgIpc) is 3.19. The molecular formula is C18H25N5O. The highest BCUT2D eigenvalue weighted by atomic mass is 16.2. The molecule has 0 atom stereocenters. The van der Waals surface area contributed by atoms with E-state index < -0.39 is 0 Å². The number of nitrogens with one attached hydrogen (secondary N) is 2. The second kappa shape index (κ2) is 7.47. The third kappa shape index (κ3) is 3.58. The van der Waals surface area contributed by atoms with Gasteiger partial charge in [0.05, 0.1) is 0 Å². The largest absolute Gasteiger partial charge is 0.337 e. The molecule has 2 N–H and O–H groups in total. The van der Waals surface area contributed by atoms with Gasteiger partial charge in [0.15, 0.2) is 0 Å². The summed E-state index contributed by atoms with van der Waals surface area (Å²) < 4.78 is 2.17. The average molecular weight is 327 g/mol. The summed E-state index contributed by atoms with van der Waals surface area (Å²) in [5, 5.41) is 14.3. The fourth-order valence-electron chi connectivity index (χ4n) is 3.12. The highest BCUT2D eigenvalue weighted by molar-refractivity contribution is 5.90. The topological polar surface area (TPSA) is 71.8 Å². The lowest BCUT2D eigenvalue weighted by Gasteiger charge is -2.12. The van der Waals surface area contributed by atoms with Crippen molar-refractivity contribution < 1.29 is 4.79 Å². The van der Waals surface area contributed by atoms with Crippen LogP contribution in [0.2, 0.25) is 0 Å². The minimum Gasteiger partial charge on any atom is -0.337 e. The van der Waals surface area contributed by atoms with Crippen LogP contribution >= 0.6 is 0 Å². The quantitative estimate of drug-likeness (QED) is 0.857. The summed E-state index contributed by atoms with van der Waals surface area (Å²) in [6.45, 7) is 5.75. The van der Waals surface area contributed by atoms with Crippen LogP contribution < -0.4 is 10.6 Å². The van der Waals surface area contributed by atoms with Gasteiger partial charge in [-0.3, -0.25) is 0 Å². The van der Waals surface area contributed by atoms with Gasteiger partial charge in [-0.1, -0.05) is 26.0 Å². The van der Waals surface area contributed by atoms with E-state index in [-0.39, 0.29) is 6.03 Å². The fourth-order valence-corrected chi connectivity index (χ4v) is 3.12. The Kier molecular flexibility index (Phi) is 5.13. The third-order valence-corrected chi connectivity index (χ3v) is 4.53. The maximum atomic E-state index is 12.2. The van der Waals surface area contributed by atoms with E-state index in [4.69, 9.17) is 0 Å². The molecule has 1 aromatic carbocycles. The molecule has 1 aliphatic heterocycles. The minimum absolute atomic E-state index is 0.167. The molecule has 2 aromatic rings. The second-order valence-corrected chi connectivity index (χ2v) is 6.12. The third-order valence-electron chi connectivity index (χ3n) is 4.53. The molecule has 0 aliphatic carbocycles. The van der Waals surface area contributed by atoms with E-state index >= 15 is 0 Å². The van der Waals surface area contributed by atoms with Crippen LogP contribution in [-0.4, -0.2) is 27.3 Å². The Morgan fingerprint density at radius 2 is 2.12 bits per heavy atom. The number of carbonyl (C=O) groups is 1. The first-order valence-electron chi connectivity index (χ1n) is 8.78. The van der Waals surface area contributed by atoms with Gasteiger partial charge in [-0.15, -0.1) is 10.2 Å². The standard InChI is InChI=1S/C18H25N5O/c1-3-13-7-8-14(4-2)15(12-13)20-18(24)19-10-9-17-22-21-16-6-5-11-23(16)17/h7-8,12H,3-6,9-11H2,1-2H3,(H2,19,20,24). The van der Waals surface area contributed by atoms with Crippen LogP contribution in [-0.2, 0) is 32.2 Å². The monoisotopic (exact) mass is 327 g/mol. The zero-order chi connectivity index (χ0) is 16.9. The van der Waals surface area contributed by atoms with Crippen LogP contribution in [0, 0.1) is 0 Å². The van der Waals surface area contributed by atoms with Gasteiger partial charge < -0.3 is 15.2 Å². The van der Waals surface area contributed by atoms with Crippen molar-refractivity contribution in [3.8, 4) is 0 Å². The number of hydrogen-bond donors (Lipinski definition) is 2. The zero-order valence-corrected chi connectivity index (χ0v) is 14.4. The molecule has 24 heavy (non-hydrogen) atoms. The smallest absolute Gasteiger partial charge is 0.319 e. The molecule has 0 radical (unpaired) electrons. The second-order valence-electron chi connectivity index (χ2n) is 6.12. The number of fused-ring (bicyclic) bond motifs is 1. The first kappa shape index (κ1) is 16.5. The van der Waals surface area contributed by atoms with E-state index in [9.17, 15) is 4.79 Å². The number of nitrogens with zero attached hydrogens (tertiary/aromatic N) is 3.